The summed E-state index contributed by atoms with van der Waals surface area (Å²) in [5.74, 6) is 1.11. The highest BCUT2D eigenvalue weighted by Gasteiger charge is 2.20. The summed E-state index contributed by atoms with van der Waals surface area (Å²) in [4.78, 5) is 0. The first-order valence-electron chi connectivity index (χ1n) is 6.65. The third kappa shape index (κ3) is 2.47. The normalized spacial score (nSPS) is 10.8. The van der Waals surface area contributed by atoms with Gasteiger partial charge in [-0.1, -0.05) is 57.0 Å². The Kier molecular flexibility index (Phi) is 3.55. The van der Waals surface area contributed by atoms with Crippen LogP contribution in [0.5, 0.6) is 0 Å². The van der Waals surface area contributed by atoms with Crippen LogP contribution in [0, 0.1) is 13.8 Å². The standard InChI is InChI=1S/C17H15BrN2O/c1-10-7-8-11(2)13(9-10)16-15(17(19)20-21-16)12-5-3-4-6-14(12)18/h3-9H,1-2H3,(H2,19,20). The number of nitrogens with zero attached hydrogens (tertiary/aromatic N) is 1. The Morgan fingerprint density at radius 3 is 2.57 bits per heavy atom. The fraction of sp³-hybridized carbons (Fsp3) is 0.118. The second kappa shape index (κ2) is 5.37. The van der Waals surface area contributed by atoms with Crippen LogP contribution in [-0.2, 0) is 0 Å². The summed E-state index contributed by atoms with van der Waals surface area (Å²) in [5.41, 5.74) is 11.2. The molecule has 1 aromatic heterocycles. The molecule has 3 rings (SSSR count). The molecule has 0 aliphatic carbocycles. The van der Waals surface area contributed by atoms with E-state index in [2.05, 4.69) is 53.1 Å². The Labute approximate surface area is 131 Å². The van der Waals surface area contributed by atoms with Gasteiger partial charge >= 0.3 is 0 Å². The first kappa shape index (κ1) is 13.9. The number of aryl methyl sites for hydroxylation is 2. The first-order chi connectivity index (χ1) is 10.1. The fourth-order valence-electron chi connectivity index (χ4n) is 2.39. The maximum Gasteiger partial charge on any atom is 0.177 e. The van der Waals surface area contributed by atoms with Gasteiger partial charge in [0.1, 0.15) is 0 Å². The number of aromatic nitrogens is 1. The van der Waals surface area contributed by atoms with Gasteiger partial charge in [0.15, 0.2) is 11.6 Å². The lowest BCUT2D eigenvalue weighted by Crippen LogP contribution is -1.91. The lowest BCUT2D eigenvalue weighted by molar-refractivity contribution is 0.436. The molecule has 4 heteroatoms. The molecule has 0 aliphatic heterocycles. The van der Waals surface area contributed by atoms with Crippen LogP contribution in [0.1, 0.15) is 11.1 Å². The topological polar surface area (TPSA) is 52.0 Å². The molecule has 0 atom stereocenters. The number of nitrogen functional groups attached to an aromatic ring is 1. The van der Waals surface area contributed by atoms with Crippen molar-refractivity contribution in [3.63, 3.8) is 0 Å². The number of hydrogen-bond acceptors (Lipinski definition) is 3. The van der Waals surface area contributed by atoms with Gasteiger partial charge < -0.3 is 10.3 Å². The molecular formula is C17H15BrN2O. The summed E-state index contributed by atoms with van der Waals surface area (Å²) in [6.45, 7) is 4.11. The minimum absolute atomic E-state index is 0.401. The van der Waals surface area contributed by atoms with Crippen LogP contribution in [-0.4, -0.2) is 5.16 Å². The van der Waals surface area contributed by atoms with Crippen LogP contribution >= 0.6 is 15.9 Å². The molecule has 0 saturated carbocycles. The van der Waals surface area contributed by atoms with Gasteiger partial charge in [-0.05, 0) is 31.5 Å². The number of nitrogens with two attached hydrogens (primary N) is 1. The molecule has 0 aliphatic rings. The van der Waals surface area contributed by atoms with Crippen molar-refractivity contribution in [1.82, 2.24) is 5.16 Å². The van der Waals surface area contributed by atoms with Crippen LogP contribution in [0.3, 0.4) is 0 Å². The SMILES string of the molecule is Cc1ccc(C)c(-c2onc(N)c2-c2ccccc2Br)c1. The smallest absolute Gasteiger partial charge is 0.177 e. The Bertz CT molecular complexity index is 808. The molecule has 2 N–H and O–H groups in total. The second-order valence-corrected chi connectivity index (χ2v) is 5.92. The van der Waals surface area contributed by atoms with Gasteiger partial charge in [0.2, 0.25) is 0 Å². The van der Waals surface area contributed by atoms with E-state index in [4.69, 9.17) is 10.3 Å². The maximum absolute atomic E-state index is 6.04. The van der Waals surface area contributed by atoms with E-state index in [9.17, 15) is 0 Å². The van der Waals surface area contributed by atoms with Crippen molar-refractivity contribution in [2.45, 2.75) is 13.8 Å². The Morgan fingerprint density at radius 1 is 1.05 bits per heavy atom. The Balaban J connectivity index is 2.27. The minimum Gasteiger partial charge on any atom is -0.380 e. The number of hydrogen-bond donors (Lipinski definition) is 1. The molecule has 0 bridgehead atoms. The predicted molar refractivity (Wildman–Crippen MR) is 89.0 cm³/mol. The van der Waals surface area contributed by atoms with Crippen molar-refractivity contribution >= 4 is 21.7 Å². The second-order valence-electron chi connectivity index (χ2n) is 5.07. The van der Waals surface area contributed by atoms with Crippen molar-refractivity contribution in [2.24, 2.45) is 0 Å². The molecule has 21 heavy (non-hydrogen) atoms. The number of halogens is 1. The number of rotatable bonds is 2. The van der Waals surface area contributed by atoms with E-state index in [0.29, 0.717) is 11.6 Å². The molecule has 0 radical (unpaired) electrons. The van der Waals surface area contributed by atoms with Crippen molar-refractivity contribution < 1.29 is 4.52 Å². The summed E-state index contributed by atoms with van der Waals surface area (Å²) in [5, 5.41) is 3.96. The molecule has 3 aromatic rings. The maximum atomic E-state index is 6.04. The van der Waals surface area contributed by atoms with Crippen LogP contribution in [0.4, 0.5) is 5.82 Å². The number of anilines is 1. The van der Waals surface area contributed by atoms with Crippen LogP contribution < -0.4 is 5.73 Å². The van der Waals surface area contributed by atoms with E-state index < -0.39 is 0 Å². The van der Waals surface area contributed by atoms with E-state index in [-0.39, 0.29) is 0 Å². The van der Waals surface area contributed by atoms with Crippen LogP contribution in [0.2, 0.25) is 0 Å². The van der Waals surface area contributed by atoms with E-state index in [1.165, 1.54) is 5.56 Å². The quantitative estimate of drug-likeness (QED) is 0.715. The lowest BCUT2D eigenvalue weighted by atomic mass is 9.97. The average molecular weight is 343 g/mol. The van der Waals surface area contributed by atoms with Gasteiger partial charge in [0, 0.05) is 15.6 Å². The van der Waals surface area contributed by atoms with Gasteiger partial charge in [-0.25, -0.2) is 0 Å². The van der Waals surface area contributed by atoms with Gasteiger partial charge in [-0.2, -0.15) is 0 Å². The summed E-state index contributed by atoms with van der Waals surface area (Å²) in [6, 6.07) is 14.2. The van der Waals surface area contributed by atoms with Crippen LogP contribution in [0.25, 0.3) is 22.5 Å². The molecular weight excluding hydrogens is 328 g/mol. The van der Waals surface area contributed by atoms with Gasteiger partial charge in [0.25, 0.3) is 0 Å². The molecule has 0 spiro atoms. The summed E-state index contributed by atoms with van der Waals surface area (Å²) in [7, 11) is 0. The largest absolute Gasteiger partial charge is 0.380 e. The highest BCUT2D eigenvalue weighted by molar-refractivity contribution is 9.10. The lowest BCUT2D eigenvalue weighted by Gasteiger charge is -2.08. The molecule has 1 heterocycles. The van der Waals surface area contributed by atoms with Crippen molar-refractivity contribution in [2.75, 3.05) is 5.73 Å². The van der Waals surface area contributed by atoms with E-state index >= 15 is 0 Å². The zero-order valence-electron chi connectivity index (χ0n) is 11.9. The Hall–Kier alpha value is -2.07. The molecule has 2 aromatic carbocycles. The first-order valence-corrected chi connectivity index (χ1v) is 7.45. The predicted octanol–water partition coefficient (Wildman–Crippen LogP) is 4.97. The van der Waals surface area contributed by atoms with E-state index in [0.717, 1.165) is 26.7 Å². The molecule has 0 fully saturated rings. The summed E-state index contributed by atoms with van der Waals surface area (Å²) in [6.07, 6.45) is 0. The molecule has 0 unspecified atom stereocenters. The monoisotopic (exact) mass is 342 g/mol. The third-order valence-corrected chi connectivity index (χ3v) is 4.19. The van der Waals surface area contributed by atoms with Crippen molar-refractivity contribution in [3.05, 3.63) is 58.1 Å². The van der Waals surface area contributed by atoms with Crippen molar-refractivity contribution in [1.29, 1.82) is 0 Å². The Morgan fingerprint density at radius 2 is 1.81 bits per heavy atom. The minimum atomic E-state index is 0.401. The van der Waals surface area contributed by atoms with Gasteiger partial charge in [-0.3, -0.25) is 0 Å². The van der Waals surface area contributed by atoms with Gasteiger partial charge in [0.05, 0.1) is 5.56 Å². The average Bonchev–Trinajstić information content (AvgIpc) is 2.84. The molecule has 0 saturated heterocycles. The number of benzene rings is 2. The molecule has 3 nitrogen and oxygen atoms in total. The highest BCUT2D eigenvalue weighted by Crippen LogP contribution is 2.40. The molecule has 0 amide bonds. The zero-order chi connectivity index (χ0) is 15.0. The fourth-order valence-corrected chi connectivity index (χ4v) is 2.87. The zero-order valence-corrected chi connectivity index (χ0v) is 13.4. The summed E-state index contributed by atoms with van der Waals surface area (Å²) >= 11 is 3.57. The van der Waals surface area contributed by atoms with Crippen LogP contribution in [0.15, 0.2) is 51.5 Å². The van der Waals surface area contributed by atoms with Crippen molar-refractivity contribution in [3.8, 4) is 22.5 Å². The van der Waals surface area contributed by atoms with E-state index in [1.807, 2.05) is 24.3 Å². The van der Waals surface area contributed by atoms with Gasteiger partial charge in [-0.15, -0.1) is 0 Å². The third-order valence-electron chi connectivity index (χ3n) is 3.50. The molecule has 106 valence electrons. The van der Waals surface area contributed by atoms with E-state index in [1.54, 1.807) is 0 Å². The summed E-state index contributed by atoms with van der Waals surface area (Å²) < 4.78 is 6.50. The highest BCUT2D eigenvalue weighted by atomic mass is 79.9.